The van der Waals surface area contributed by atoms with Crippen molar-refractivity contribution in [3.63, 3.8) is 0 Å². The molecule has 0 rings (SSSR count). The van der Waals surface area contributed by atoms with Crippen molar-refractivity contribution in [2.75, 3.05) is 6.61 Å². The predicted molar refractivity (Wildman–Crippen MR) is 66.5 cm³/mol. The molecule has 0 aliphatic heterocycles. The summed E-state index contributed by atoms with van der Waals surface area (Å²) in [6.07, 6.45) is -0.775. The molecule has 1 atom stereocenters. The second-order valence-corrected chi connectivity index (χ2v) is 5.45. The van der Waals surface area contributed by atoms with Crippen molar-refractivity contribution in [2.45, 2.75) is 58.8 Å². The minimum atomic E-state index is -1.17. The van der Waals surface area contributed by atoms with Gasteiger partial charge in [0.1, 0.15) is 5.60 Å². The van der Waals surface area contributed by atoms with Crippen LogP contribution in [0.25, 0.3) is 0 Å². The zero-order valence-electron chi connectivity index (χ0n) is 11.9. The van der Waals surface area contributed by atoms with Crippen LogP contribution in [0, 0.1) is 0 Å². The molecule has 0 aromatic carbocycles. The van der Waals surface area contributed by atoms with Gasteiger partial charge in [0.15, 0.2) is 6.04 Å². The molecule has 1 amide bonds. The SMILES string of the molecule is CCOC(C)(C)[C@H](NC(=O)OC(C)(C)C)C(=O)O. The third-order valence-electron chi connectivity index (χ3n) is 2.12. The Hall–Kier alpha value is -1.30. The highest BCUT2D eigenvalue weighted by molar-refractivity contribution is 5.81. The van der Waals surface area contributed by atoms with E-state index in [0.29, 0.717) is 6.61 Å². The Morgan fingerprint density at radius 2 is 1.72 bits per heavy atom. The van der Waals surface area contributed by atoms with E-state index in [9.17, 15) is 9.59 Å². The molecule has 0 spiro atoms. The average Bonchev–Trinajstić information content (AvgIpc) is 2.10. The van der Waals surface area contributed by atoms with Crippen molar-refractivity contribution in [2.24, 2.45) is 0 Å². The van der Waals surface area contributed by atoms with Gasteiger partial charge in [-0.3, -0.25) is 0 Å². The fourth-order valence-corrected chi connectivity index (χ4v) is 1.41. The van der Waals surface area contributed by atoms with E-state index in [1.54, 1.807) is 41.5 Å². The van der Waals surface area contributed by atoms with Gasteiger partial charge in [0.25, 0.3) is 0 Å². The summed E-state index contributed by atoms with van der Waals surface area (Å²) in [5, 5.41) is 11.4. The summed E-state index contributed by atoms with van der Waals surface area (Å²) < 4.78 is 10.4. The second-order valence-electron chi connectivity index (χ2n) is 5.45. The van der Waals surface area contributed by atoms with Gasteiger partial charge in [-0.15, -0.1) is 0 Å². The van der Waals surface area contributed by atoms with Crippen LogP contribution in [0.2, 0.25) is 0 Å². The van der Waals surface area contributed by atoms with Crippen molar-refractivity contribution >= 4 is 12.1 Å². The first-order valence-corrected chi connectivity index (χ1v) is 5.86. The van der Waals surface area contributed by atoms with Gasteiger partial charge in [-0.1, -0.05) is 0 Å². The smallest absolute Gasteiger partial charge is 0.408 e. The van der Waals surface area contributed by atoms with Crippen LogP contribution in [0.15, 0.2) is 0 Å². The molecule has 0 saturated carbocycles. The summed E-state index contributed by atoms with van der Waals surface area (Å²) in [5.74, 6) is -1.17. The number of carboxylic acid groups (broad SMARTS) is 1. The van der Waals surface area contributed by atoms with E-state index >= 15 is 0 Å². The average molecular weight is 261 g/mol. The van der Waals surface area contributed by atoms with Crippen molar-refractivity contribution < 1.29 is 24.2 Å². The summed E-state index contributed by atoms with van der Waals surface area (Å²) >= 11 is 0. The molecule has 0 bridgehead atoms. The molecule has 0 aliphatic carbocycles. The molecule has 0 saturated heterocycles. The Kier molecular flexibility index (Phi) is 5.60. The van der Waals surface area contributed by atoms with Gasteiger partial charge in [0, 0.05) is 6.61 Å². The Labute approximate surface area is 108 Å². The lowest BCUT2D eigenvalue weighted by Gasteiger charge is -2.32. The van der Waals surface area contributed by atoms with E-state index in [1.807, 2.05) is 0 Å². The minimum Gasteiger partial charge on any atom is -0.480 e. The lowest BCUT2D eigenvalue weighted by atomic mass is 9.99. The van der Waals surface area contributed by atoms with Crippen molar-refractivity contribution in [1.29, 1.82) is 0 Å². The number of nitrogens with one attached hydrogen (secondary N) is 1. The Morgan fingerprint density at radius 3 is 2.06 bits per heavy atom. The standard InChI is InChI=1S/C12H23NO5/c1-7-17-12(5,6)8(9(14)15)13-10(16)18-11(2,3)4/h8H,7H2,1-6H3,(H,13,16)(H,14,15)/t8-/m1/s1. The third kappa shape index (κ3) is 5.86. The number of hydrogen-bond donors (Lipinski definition) is 2. The molecule has 0 aromatic rings. The molecule has 2 N–H and O–H groups in total. The van der Waals surface area contributed by atoms with Crippen molar-refractivity contribution in [3.8, 4) is 0 Å². The summed E-state index contributed by atoms with van der Waals surface area (Å²) in [4.78, 5) is 22.7. The maximum Gasteiger partial charge on any atom is 0.408 e. The van der Waals surface area contributed by atoms with Gasteiger partial charge in [-0.05, 0) is 41.5 Å². The van der Waals surface area contributed by atoms with Crippen LogP contribution in [-0.4, -0.2) is 41.0 Å². The Morgan fingerprint density at radius 1 is 1.22 bits per heavy atom. The monoisotopic (exact) mass is 261 g/mol. The maximum absolute atomic E-state index is 11.6. The minimum absolute atomic E-state index is 0.354. The summed E-state index contributed by atoms with van der Waals surface area (Å²) in [6.45, 7) is 10.4. The van der Waals surface area contributed by atoms with Gasteiger partial charge >= 0.3 is 12.1 Å². The number of alkyl carbamates (subject to hydrolysis) is 1. The van der Waals surface area contributed by atoms with Crippen LogP contribution in [-0.2, 0) is 14.3 Å². The summed E-state index contributed by atoms with van der Waals surface area (Å²) in [5.41, 5.74) is -1.69. The molecule has 0 aliphatic rings. The summed E-state index contributed by atoms with van der Waals surface area (Å²) in [6, 6.07) is -1.17. The van der Waals surface area contributed by atoms with E-state index < -0.39 is 29.3 Å². The van der Waals surface area contributed by atoms with E-state index in [2.05, 4.69) is 5.32 Å². The van der Waals surface area contributed by atoms with Crippen LogP contribution >= 0.6 is 0 Å². The largest absolute Gasteiger partial charge is 0.480 e. The van der Waals surface area contributed by atoms with Crippen molar-refractivity contribution in [1.82, 2.24) is 5.32 Å². The number of hydrogen-bond acceptors (Lipinski definition) is 4. The van der Waals surface area contributed by atoms with Crippen LogP contribution < -0.4 is 5.32 Å². The van der Waals surface area contributed by atoms with Gasteiger partial charge in [-0.2, -0.15) is 0 Å². The molecule has 0 aromatic heterocycles. The predicted octanol–water partition coefficient (Wildman–Crippen LogP) is 1.78. The van der Waals surface area contributed by atoms with E-state index in [0.717, 1.165) is 0 Å². The fraction of sp³-hybridized carbons (Fsp3) is 0.833. The second kappa shape index (κ2) is 6.04. The molecule has 18 heavy (non-hydrogen) atoms. The molecule has 6 heteroatoms. The third-order valence-corrected chi connectivity index (χ3v) is 2.12. The molecule has 106 valence electrons. The molecule has 6 nitrogen and oxygen atoms in total. The van der Waals surface area contributed by atoms with E-state index in [4.69, 9.17) is 14.6 Å². The van der Waals surface area contributed by atoms with Gasteiger partial charge in [-0.25, -0.2) is 9.59 Å². The van der Waals surface area contributed by atoms with Gasteiger partial charge in [0.05, 0.1) is 5.60 Å². The van der Waals surface area contributed by atoms with Crippen LogP contribution in [0.3, 0.4) is 0 Å². The van der Waals surface area contributed by atoms with Crippen LogP contribution in [0.5, 0.6) is 0 Å². The van der Waals surface area contributed by atoms with Crippen molar-refractivity contribution in [3.05, 3.63) is 0 Å². The highest BCUT2D eigenvalue weighted by atomic mass is 16.6. The molecule has 0 unspecified atom stereocenters. The highest BCUT2D eigenvalue weighted by Gasteiger charge is 2.38. The van der Waals surface area contributed by atoms with E-state index in [1.165, 1.54) is 0 Å². The fourth-order valence-electron chi connectivity index (χ4n) is 1.41. The maximum atomic E-state index is 11.6. The molecular weight excluding hydrogens is 238 g/mol. The normalized spacial score (nSPS) is 13.9. The molecule has 0 radical (unpaired) electrons. The molecular formula is C12H23NO5. The lowest BCUT2D eigenvalue weighted by molar-refractivity contribution is -0.148. The zero-order chi connectivity index (χ0) is 14.6. The zero-order valence-corrected chi connectivity index (χ0v) is 11.9. The Bertz CT molecular complexity index is 306. The van der Waals surface area contributed by atoms with Crippen LogP contribution in [0.4, 0.5) is 4.79 Å². The van der Waals surface area contributed by atoms with Gasteiger partial charge in [0.2, 0.25) is 0 Å². The topological polar surface area (TPSA) is 84.9 Å². The first-order valence-electron chi connectivity index (χ1n) is 5.86. The number of amides is 1. The first-order chi connectivity index (χ1) is 7.99. The van der Waals surface area contributed by atoms with Gasteiger partial charge < -0.3 is 19.9 Å². The Balaban J connectivity index is 4.75. The number of carbonyl (C=O) groups is 2. The van der Waals surface area contributed by atoms with Crippen LogP contribution in [0.1, 0.15) is 41.5 Å². The molecule has 0 heterocycles. The number of ether oxygens (including phenoxy) is 2. The first kappa shape index (κ1) is 16.7. The number of carbonyl (C=O) groups excluding carboxylic acids is 1. The van der Waals surface area contributed by atoms with E-state index in [-0.39, 0.29) is 0 Å². The quantitative estimate of drug-likeness (QED) is 0.788. The lowest BCUT2D eigenvalue weighted by Crippen LogP contribution is -2.56. The highest BCUT2D eigenvalue weighted by Crippen LogP contribution is 2.16. The number of aliphatic carboxylic acids is 1. The summed E-state index contributed by atoms with van der Waals surface area (Å²) in [7, 11) is 0. The number of carboxylic acids is 1. The number of rotatable bonds is 5. The molecule has 0 fully saturated rings.